The summed E-state index contributed by atoms with van der Waals surface area (Å²) in [6, 6.07) is -1.05. The molecule has 2 fully saturated rings. The van der Waals surface area contributed by atoms with Crippen molar-refractivity contribution in [3.63, 3.8) is 0 Å². The molecule has 35 heavy (non-hydrogen) atoms. The van der Waals surface area contributed by atoms with Gasteiger partial charge in [-0.1, -0.05) is 44.7 Å². The summed E-state index contributed by atoms with van der Waals surface area (Å²) in [5, 5.41) is 5.93. The van der Waals surface area contributed by atoms with E-state index in [4.69, 9.17) is 4.74 Å². The fourth-order valence-corrected chi connectivity index (χ4v) is 3.79. The van der Waals surface area contributed by atoms with Crippen molar-refractivity contribution in [3.8, 4) is 0 Å². The number of hydrazine groups is 1. The quantitative estimate of drug-likeness (QED) is 0.303. The Morgan fingerprint density at radius 3 is 2.54 bits per heavy atom. The number of hydrogen-bond donors (Lipinski definition) is 1. The number of nitrogens with one attached hydrogen (secondary N) is 1. The number of urea groups is 1. The van der Waals surface area contributed by atoms with Crippen molar-refractivity contribution in [3.05, 3.63) is 48.4 Å². The van der Waals surface area contributed by atoms with Crippen molar-refractivity contribution >= 4 is 17.8 Å². The lowest BCUT2D eigenvalue weighted by atomic mass is 10.1. The van der Waals surface area contributed by atoms with Gasteiger partial charge in [0.15, 0.2) is 0 Å². The first-order valence-electron chi connectivity index (χ1n) is 11.9. The van der Waals surface area contributed by atoms with Crippen molar-refractivity contribution in [1.29, 1.82) is 0 Å². The summed E-state index contributed by atoms with van der Waals surface area (Å²) in [5.41, 5.74) is 1.54. The van der Waals surface area contributed by atoms with Crippen LogP contribution in [0.15, 0.2) is 48.4 Å². The molecule has 1 N–H and O–H groups in total. The molecule has 0 aromatic carbocycles. The minimum atomic E-state index is -0.712. The third kappa shape index (κ3) is 8.03. The van der Waals surface area contributed by atoms with E-state index in [1.54, 1.807) is 23.9 Å². The van der Waals surface area contributed by atoms with E-state index in [-0.39, 0.29) is 50.7 Å². The molecule has 0 bridgehead atoms. The summed E-state index contributed by atoms with van der Waals surface area (Å²) in [7, 11) is 1.67. The molecule has 2 aliphatic heterocycles. The monoisotopic (exact) mass is 493 g/mol. The molecular weight excluding hydrogens is 453 g/mol. The standard InChI is InChI=1S/C23H34FN5O4.C2H6/c1-7-16(3)12-25-23(32)29-20-13-27(9-10-33-15-19(8-2)11-17(4)24)22(31)18(5)28(20)21(30)14-26(29)6;1-2/h7-8,11,18,20H,2,4,9-10,12-15H2,1,3,5-6H3,(H,25,32);1-2H3/b16-7+,19-11+;/t18-,20-;/m0./s1. The Labute approximate surface area is 208 Å². The zero-order chi connectivity index (χ0) is 26.7. The van der Waals surface area contributed by atoms with Crippen molar-refractivity contribution in [2.75, 3.05) is 46.4 Å². The predicted molar refractivity (Wildman–Crippen MR) is 135 cm³/mol. The highest BCUT2D eigenvalue weighted by molar-refractivity contribution is 5.91. The minimum Gasteiger partial charge on any atom is -0.375 e. The topological polar surface area (TPSA) is 85.4 Å². The lowest BCUT2D eigenvalue weighted by Crippen LogP contribution is -2.75. The Morgan fingerprint density at radius 2 is 1.97 bits per heavy atom. The van der Waals surface area contributed by atoms with E-state index >= 15 is 0 Å². The molecule has 196 valence electrons. The molecule has 0 spiro atoms. The van der Waals surface area contributed by atoms with Gasteiger partial charge in [-0.25, -0.2) is 19.2 Å². The Morgan fingerprint density at radius 1 is 1.31 bits per heavy atom. The van der Waals surface area contributed by atoms with E-state index in [0.717, 1.165) is 5.57 Å². The van der Waals surface area contributed by atoms with Gasteiger partial charge in [0.05, 0.1) is 26.3 Å². The van der Waals surface area contributed by atoms with Gasteiger partial charge in [-0.05, 0) is 32.4 Å². The highest BCUT2D eigenvalue weighted by Gasteiger charge is 2.49. The molecule has 2 aliphatic rings. The number of rotatable bonds is 9. The molecular formula is C25H40FN5O4. The third-order valence-corrected chi connectivity index (χ3v) is 5.69. The first kappa shape index (κ1) is 30.1. The van der Waals surface area contributed by atoms with Gasteiger partial charge in [0.25, 0.3) is 0 Å². The first-order valence-corrected chi connectivity index (χ1v) is 11.9. The molecule has 0 aromatic rings. The average Bonchev–Trinajstić information content (AvgIpc) is 2.82. The Bertz CT molecular complexity index is 857. The number of halogens is 1. The van der Waals surface area contributed by atoms with Gasteiger partial charge in [-0.3, -0.25) is 9.59 Å². The summed E-state index contributed by atoms with van der Waals surface area (Å²) >= 11 is 0. The van der Waals surface area contributed by atoms with Crippen LogP contribution in [0.4, 0.5) is 9.18 Å². The van der Waals surface area contributed by atoms with E-state index in [1.165, 1.54) is 22.1 Å². The van der Waals surface area contributed by atoms with Gasteiger partial charge in [-0.2, -0.15) is 0 Å². The maximum atomic E-state index is 13.0. The molecule has 9 nitrogen and oxygen atoms in total. The van der Waals surface area contributed by atoms with Gasteiger partial charge in [0.1, 0.15) is 18.0 Å². The normalized spacial score (nSPS) is 21.3. The molecule has 0 radical (unpaired) electrons. The molecule has 4 amide bonds. The zero-order valence-electron chi connectivity index (χ0n) is 21.8. The van der Waals surface area contributed by atoms with E-state index in [0.29, 0.717) is 12.1 Å². The summed E-state index contributed by atoms with van der Waals surface area (Å²) in [5.74, 6) is -1.02. The van der Waals surface area contributed by atoms with Crippen LogP contribution in [0.25, 0.3) is 0 Å². The summed E-state index contributed by atoms with van der Waals surface area (Å²) in [6.07, 6.45) is 3.99. The SMILES string of the molecule is C=C/C(=C\C(=C)F)COCCN1C[C@H]2N(C(=O)CN(C)N2C(=O)NC/C(C)=C/C)[C@@H](C)C1=O.CC. The van der Waals surface area contributed by atoms with Crippen LogP contribution < -0.4 is 5.32 Å². The Balaban J connectivity index is 0.00000298. The second kappa shape index (κ2) is 14.4. The van der Waals surface area contributed by atoms with Crippen LogP contribution in [-0.4, -0.2) is 96.3 Å². The number of piperazine rings is 1. The molecule has 0 saturated carbocycles. The molecule has 2 atom stereocenters. The van der Waals surface area contributed by atoms with Crippen LogP contribution in [0.1, 0.15) is 34.6 Å². The summed E-state index contributed by atoms with van der Waals surface area (Å²) in [4.78, 5) is 41.7. The van der Waals surface area contributed by atoms with Gasteiger partial charge in [0, 0.05) is 20.1 Å². The second-order valence-electron chi connectivity index (χ2n) is 8.12. The Kier molecular flexibility index (Phi) is 12.4. The minimum absolute atomic E-state index is 0.00375. The van der Waals surface area contributed by atoms with Gasteiger partial charge < -0.3 is 19.9 Å². The number of amides is 4. The molecule has 0 aromatic heterocycles. The van der Waals surface area contributed by atoms with Crippen LogP contribution in [0, 0.1) is 0 Å². The molecule has 2 saturated heterocycles. The lowest BCUT2D eigenvalue weighted by Gasteiger charge is -2.53. The van der Waals surface area contributed by atoms with E-state index in [9.17, 15) is 18.8 Å². The number of ether oxygens (including phenoxy) is 1. The maximum Gasteiger partial charge on any atom is 0.334 e. The molecule has 2 rings (SSSR count). The number of nitrogens with zero attached hydrogens (tertiary/aromatic N) is 4. The Hall–Kier alpha value is -2.98. The molecule has 10 heteroatoms. The van der Waals surface area contributed by atoms with Crippen molar-refractivity contribution in [2.45, 2.75) is 46.8 Å². The van der Waals surface area contributed by atoms with Crippen LogP contribution in [0.2, 0.25) is 0 Å². The molecule has 0 unspecified atom stereocenters. The van der Waals surface area contributed by atoms with Gasteiger partial charge in [-0.15, -0.1) is 0 Å². The highest BCUT2D eigenvalue weighted by Crippen LogP contribution is 2.25. The summed E-state index contributed by atoms with van der Waals surface area (Å²) < 4.78 is 18.5. The number of hydrogen-bond acceptors (Lipinski definition) is 5. The van der Waals surface area contributed by atoms with Crippen LogP contribution in [0.3, 0.4) is 0 Å². The van der Waals surface area contributed by atoms with E-state index in [2.05, 4.69) is 18.5 Å². The van der Waals surface area contributed by atoms with E-state index < -0.39 is 18.0 Å². The van der Waals surface area contributed by atoms with Crippen molar-refractivity contribution < 1.29 is 23.5 Å². The summed E-state index contributed by atoms with van der Waals surface area (Å²) in [6.45, 7) is 17.4. The first-order chi connectivity index (χ1) is 16.6. The number of fused-ring (bicyclic) bond motifs is 1. The number of carbonyl (C=O) groups excluding carboxylic acids is 3. The molecule has 0 aliphatic carbocycles. The average molecular weight is 494 g/mol. The fourth-order valence-electron chi connectivity index (χ4n) is 3.79. The fraction of sp³-hybridized carbons (Fsp3) is 0.560. The van der Waals surface area contributed by atoms with E-state index in [1.807, 2.05) is 33.8 Å². The third-order valence-electron chi connectivity index (χ3n) is 5.69. The van der Waals surface area contributed by atoms with Crippen LogP contribution >= 0.6 is 0 Å². The number of allylic oxidation sites excluding steroid dienone is 3. The lowest BCUT2D eigenvalue weighted by molar-refractivity contribution is -0.186. The second-order valence-corrected chi connectivity index (χ2v) is 8.12. The maximum absolute atomic E-state index is 13.0. The van der Waals surface area contributed by atoms with Gasteiger partial charge >= 0.3 is 6.03 Å². The number of likely N-dealkylation sites (N-methyl/N-ethyl adjacent to an activating group) is 1. The van der Waals surface area contributed by atoms with Crippen molar-refractivity contribution in [2.24, 2.45) is 0 Å². The highest BCUT2D eigenvalue weighted by atomic mass is 19.1. The van der Waals surface area contributed by atoms with Crippen molar-refractivity contribution in [1.82, 2.24) is 25.1 Å². The van der Waals surface area contributed by atoms with Crippen LogP contribution in [-0.2, 0) is 14.3 Å². The molecule has 2 heterocycles. The van der Waals surface area contributed by atoms with Crippen LogP contribution in [0.5, 0.6) is 0 Å². The zero-order valence-corrected chi connectivity index (χ0v) is 21.8. The predicted octanol–water partition coefficient (Wildman–Crippen LogP) is 2.85. The van der Waals surface area contributed by atoms with Gasteiger partial charge in [0.2, 0.25) is 11.8 Å². The number of carbonyl (C=O) groups is 3. The largest absolute Gasteiger partial charge is 0.375 e. The smallest absolute Gasteiger partial charge is 0.334 e.